The molecule has 1 N–H and O–H groups in total. The van der Waals surface area contributed by atoms with Crippen LogP contribution < -0.4 is 10.1 Å². The normalized spacial score (nSPS) is 17.9. The molecule has 1 aliphatic heterocycles. The number of anilines is 1. The van der Waals surface area contributed by atoms with E-state index < -0.39 is 5.82 Å². The highest BCUT2D eigenvalue weighted by Gasteiger charge is 2.35. The van der Waals surface area contributed by atoms with Gasteiger partial charge in [0, 0.05) is 23.3 Å². The summed E-state index contributed by atoms with van der Waals surface area (Å²) in [6.07, 6.45) is 3.66. The number of hydrogen-bond acceptors (Lipinski definition) is 5. The minimum Gasteiger partial charge on any atom is -0.489 e. The molecule has 0 radical (unpaired) electrons. The molecule has 0 spiro atoms. The molecule has 1 aliphatic carbocycles. The smallest absolute Gasteiger partial charge is 0.226 e. The van der Waals surface area contributed by atoms with Gasteiger partial charge in [0.15, 0.2) is 5.78 Å². The van der Waals surface area contributed by atoms with Gasteiger partial charge in [0.25, 0.3) is 0 Å². The zero-order valence-electron chi connectivity index (χ0n) is 15.9. The molecule has 30 heavy (non-hydrogen) atoms. The molecule has 2 aromatic carbocycles. The molecule has 2 aliphatic rings. The SMILES string of the molecule is O=C1CCCC2=C1[C@H](c1ccc(OCc3c(F)cccc3Cl)cc1)n1ncnc1N2. The molecule has 0 saturated heterocycles. The molecule has 0 bridgehead atoms. The van der Waals surface area contributed by atoms with Crippen molar-refractivity contribution in [3.05, 3.63) is 82.0 Å². The molecule has 0 fully saturated rings. The molecular weight excluding hydrogens is 407 g/mol. The number of fused-ring (bicyclic) bond motifs is 1. The van der Waals surface area contributed by atoms with Gasteiger partial charge in [-0.05, 0) is 42.7 Å². The zero-order valence-corrected chi connectivity index (χ0v) is 16.7. The van der Waals surface area contributed by atoms with E-state index in [1.807, 2.05) is 12.1 Å². The lowest BCUT2D eigenvalue weighted by atomic mass is 9.85. The van der Waals surface area contributed by atoms with Crippen molar-refractivity contribution >= 4 is 23.3 Å². The van der Waals surface area contributed by atoms with E-state index in [0.717, 1.165) is 29.7 Å². The number of aromatic nitrogens is 3. The summed E-state index contributed by atoms with van der Waals surface area (Å²) >= 11 is 6.06. The van der Waals surface area contributed by atoms with Gasteiger partial charge in [0.05, 0.1) is 5.02 Å². The molecule has 1 aromatic heterocycles. The van der Waals surface area contributed by atoms with Gasteiger partial charge < -0.3 is 10.1 Å². The summed E-state index contributed by atoms with van der Waals surface area (Å²) in [5.74, 6) is 0.935. The van der Waals surface area contributed by atoms with Crippen LogP contribution in [0.1, 0.15) is 36.4 Å². The monoisotopic (exact) mass is 424 g/mol. The zero-order chi connectivity index (χ0) is 20.7. The minimum absolute atomic E-state index is 0.0270. The van der Waals surface area contributed by atoms with Crippen molar-refractivity contribution < 1.29 is 13.9 Å². The highest BCUT2D eigenvalue weighted by atomic mass is 35.5. The predicted molar refractivity (Wildman–Crippen MR) is 110 cm³/mol. The van der Waals surface area contributed by atoms with Gasteiger partial charge in [-0.3, -0.25) is 4.79 Å². The Kier molecular flexibility index (Phi) is 4.75. The van der Waals surface area contributed by atoms with Crippen LogP contribution >= 0.6 is 11.6 Å². The number of benzene rings is 2. The minimum atomic E-state index is -0.400. The maximum absolute atomic E-state index is 13.9. The molecule has 8 heteroatoms. The molecule has 152 valence electrons. The summed E-state index contributed by atoms with van der Waals surface area (Å²) in [5.41, 5.74) is 2.89. The van der Waals surface area contributed by atoms with Crippen LogP contribution in [0.3, 0.4) is 0 Å². The number of ether oxygens (including phenoxy) is 1. The summed E-state index contributed by atoms with van der Waals surface area (Å²) in [7, 11) is 0. The van der Waals surface area contributed by atoms with E-state index in [0.29, 0.717) is 28.7 Å². The van der Waals surface area contributed by atoms with Crippen molar-refractivity contribution in [2.45, 2.75) is 31.9 Å². The highest BCUT2D eigenvalue weighted by molar-refractivity contribution is 6.31. The fourth-order valence-electron chi connectivity index (χ4n) is 3.98. The Bertz CT molecular complexity index is 1140. The third kappa shape index (κ3) is 3.25. The van der Waals surface area contributed by atoms with E-state index in [1.165, 1.54) is 12.4 Å². The Labute approximate surface area is 177 Å². The first-order chi connectivity index (χ1) is 14.6. The van der Waals surface area contributed by atoms with E-state index in [2.05, 4.69) is 15.4 Å². The van der Waals surface area contributed by atoms with Gasteiger partial charge >= 0.3 is 0 Å². The fraction of sp³-hybridized carbons (Fsp3) is 0.227. The maximum Gasteiger partial charge on any atom is 0.226 e. The van der Waals surface area contributed by atoms with Crippen LogP contribution in [0.25, 0.3) is 0 Å². The quantitative estimate of drug-likeness (QED) is 0.659. The maximum atomic E-state index is 13.9. The predicted octanol–water partition coefficient (Wildman–Crippen LogP) is 4.67. The van der Waals surface area contributed by atoms with E-state index >= 15 is 0 Å². The van der Waals surface area contributed by atoms with Crippen LogP contribution in [0, 0.1) is 5.82 Å². The average molecular weight is 425 g/mol. The first-order valence-electron chi connectivity index (χ1n) is 9.70. The van der Waals surface area contributed by atoms with Crippen LogP contribution in [0.4, 0.5) is 10.3 Å². The Hall–Kier alpha value is -3.19. The van der Waals surface area contributed by atoms with Crippen molar-refractivity contribution in [3.8, 4) is 5.75 Å². The Morgan fingerprint density at radius 2 is 2.03 bits per heavy atom. The van der Waals surface area contributed by atoms with Gasteiger partial charge in [-0.2, -0.15) is 10.1 Å². The Morgan fingerprint density at radius 3 is 2.83 bits per heavy atom. The van der Waals surface area contributed by atoms with Crippen LogP contribution in [-0.2, 0) is 11.4 Å². The topological polar surface area (TPSA) is 69.0 Å². The Balaban J connectivity index is 1.42. The summed E-state index contributed by atoms with van der Waals surface area (Å²) in [6, 6.07) is 11.6. The number of rotatable bonds is 4. The first-order valence-corrected chi connectivity index (χ1v) is 10.1. The molecule has 5 rings (SSSR count). The molecule has 0 unspecified atom stereocenters. The summed E-state index contributed by atoms with van der Waals surface area (Å²) in [5, 5.41) is 7.90. The third-order valence-electron chi connectivity index (χ3n) is 5.45. The number of Topliss-reactive ketones (excluding diaryl/α,β-unsaturated/α-hetero) is 1. The molecule has 0 saturated carbocycles. The Morgan fingerprint density at radius 1 is 1.20 bits per heavy atom. The standard InChI is InChI=1S/C22H18ClFN4O2/c23-16-3-1-4-17(24)15(16)11-30-14-9-7-13(8-10-14)21-20-18(5-2-6-19(20)29)27-22-25-12-26-28(21)22/h1,3-4,7-10,12,21H,2,5-6,11H2,(H,25,26,27)/t21-/m0/s1. The van der Waals surface area contributed by atoms with Gasteiger partial charge in [-0.1, -0.05) is 29.8 Å². The third-order valence-corrected chi connectivity index (χ3v) is 5.80. The van der Waals surface area contributed by atoms with Crippen molar-refractivity contribution in [1.82, 2.24) is 14.8 Å². The van der Waals surface area contributed by atoms with Crippen LogP contribution in [0.15, 0.2) is 60.1 Å². The number of nitrogens with one attached hydrogen (secondary N) is 1. The number of carbonyl (C=O) groups excluding carboxylic acids is 1. The van der Waals surface area contributed by atoms with E-state index in [4.69, 9.17) is 16.3 Å². The average Bonchev–Trinajstić information content (AvgIpc) is 3.21. The van der Waals surface area contributed by atoms with Gasteiger partial charge in [0.1, 0.15) is 30.5 Å². The van der Waals surface area contributed by atoms with E-state index in [9.17, 15) is 9.18 Å². The molecule has 2 heterocycles. The van der Waals surface area contributed by atoms with Crippen LogP contribution in [0.5, 0.6) is 5.75 Å². The second-order valence-corrected chi connectivity index (χ2v) is 7.69. The summed E-state index contributed by atoms with van der Waals surface area (Å²) in [6.45, 7) is 0.0270. The number of nitrogens with zero attached hydrogens (tertiary/aromatic N) is 3. The second-order valence-electron chi connectivity index (χ2n) is 7.28. The largest absolute Gasteiger partial charge is 0.489 e. The lowest BCUT2D eigenvalue weighted by Gasteiger charge is -2.32. The molecule has 3 aromatic rings. The first kappa shape index (κ1) is 18.8. The van der Waals surface area contributed by atoms with Gasteiger partial charge in [-0.15, -0.1) is 0 Å². The number of carbonyl (C=O) groups is 1. The van der Waals surface area contributed by atoms with Gasteiger partial charge in [0.2, 0.25) is 5.95 Å². The summed E-state index contributed by atoms with van der Waals surface area (Å²) in [4.78, 5) is 17.0. The number of hydrogen-bond donors (Lipinski definition) is 1. The van der Waals surface area contributed by atoms with E-state index in [1.54, 1.807) is 28.9 Å². The molecule has 0 amide bonds. The van der Waals surface area contributed by atoms with Crippen LogP contribution in [-0.4, -0.2) is 20.5 Å². The van der Waals surface area contributed by atoms with Gasteiger partial charge in [-0.25, -0.2) is 9.07 Å². The van der Waals surface area contributed by atoms with Crippen molar-refractivity contribution in [2.24, 2.45) is 0 Å². The highest BCUT2D eigenvalue weighted by Crippen LogP contribution is 2.39. The summed E-state index contributed by atoms with van der Waals surface area (Å²) < 4.78 is 21.4. The number of allylic oxidation sites excluding steroid dienone is 2. The lowest BCUT2D eigenvalue weighted by Crippen LogP contribution is -2.31. The van der Waals surface area contributed by atoms with Crippen molar-refractivity contribution in [2.75, 3.05) is 5.32 Å². The lowest BCUT2D eigenvalue weighted by molar-refractivity contribution is -0.116. The van der Waals surface area contributed by atoms with Crippen molar-refractivity contribution in [1.29, 1.82) is 0 Å². The molecule has 1 atom stereocenters. The molecular formula is C22H18ClFN4O2. The number of halogens is 2. The van der Waals surface area contributed by atoms with Crippen molar-refractivity contribution in [3.63, 3.8) is 0 Å². The van der Waals surface area contributed by atoms with Crippen LogP contribution in [0.2, 0.25) is 5.02 Å². The number of ketones is 1. The van der Waals surface area contributed by atoms with E-state index in [-0.39, 0.29) is 18.4 Å². The fourth-order valence-corrected chi connectivity index (χ4v) is 4.19. The molecule has 6 nitrogen and oxygen atoms in total. The second kappa shape index (κ2) is 7.57.